The largest absolute Gasteiger partial charge is 0.479 e. The minimum atomic E-state index is -1.62. The fourth-order valence-corrected chi connectivity index (χ4v) is 3.32. The lowest BCUT2D eigenvalue weighted by molar-refractivity contribution is -0.147. The van der Waals surface area contributed by atoms with Crippen LogP contribution < -0.4 is 5.32 Å². The lowest BCUT2D eigenvalue weighted by Gasteiger charge is -2.20. The lowest BCUT2D eigenvalue weighted by Crippen LogP contribution is -2.40. The first kappa shape index (κ1) is 23.2. The molecule has 0 aliphatic rings. The molecule has 3 aromatic rings. The zero-order valence-corrected chi connectivity index (χ0v) is 17.9. The highest BCUT2D eigenvalue weighted by atomic mass is 16.4. The number of carbonyl (C=O) groups is 2. The molecule has 0 spiro atoms. The Hall–Kier alpha value is -3.49. The van der Waals surface area contributed by atoms with Gasteiger partial charge in [0.15, 0.2) is 6.10 Å². The molecule has 0 radical (unpaired) electrons. The summed E-state index contributed by atoms with van der Waals surface area (Å²) in [7, 11) is 0. The summed E-state index contributed by atoms with van der Waals surface area (Å²) in [5.74, 6) is -1.88. The van der Waals surface area contributed by atoms with Crippen LogP contribution in [0.5, 0.6) is 0 Å². The predicted octanol–water partition coefficient (Wildman–Crippen LogP) is 2.48. The molecule has 168 valence electrons. The van der Waals surface area contributed by atoms with E-state index < -0.39 is 29.6 Å². The highest BCUT2D eigenvalue weighted by Gasteiger charge is 2.25. The number of H-pyrrole nitrogens is 1. The van der Waals surface area contributed by atoms with Gasteiger partial charge in [-0.25, -0.2) is 4.79 Å². The van der Waals surface area contributed by atoms with Crippen LogP contribution in [0.3, 0.4) is 0 Å². The van der Waals surface area contributed by atoms with Gasteiger partial charge in [-0.2, -0.15) is 5.10 Å². The molecule has 2 aromatic carbocycles. The van der Waals surface area contributed by atoms with Crippen molar-refractivity contribution in [2.75, 3.05) is 0 Å². The molecule has 3 rings (SSSR count). The number of aromatic amines is 1. The molecule has 0 aliphatic heterocycles. The van der Waals surface area contributed by atoms with Crippen molar-refractivity contribution in [2.24, 2.45) is 0 Å². The van der Waals surface area contributed by atoms with Crippen LogP contribution in [0.15, 0.2) is 60.7 Å². The monoisotopic (exact) mass is 437 g/mol. The van der Waals surface area contributed by atoms with Gasteiger partial charge in [0.05, 0.1) is 5.69 Å². The third kappa shape index (κ3) is 6.03. The maximum atomic E-state index is 12.7. The Morgan fingerprint density at radius 2 is 1.69 bits per heavy atom. The number of hydrogen-bond donors (Lipinski definition) is 5. The first-order valence-electron chi connectivity index (χ1n) is 10.3. The number of carboxylic acids is 1. The zero-order chi connectivity index (χ0) is 23.3. The van der Waals surface area contributed by atoms with E-state index in [1.165, 1.54) is 6.07 Å². The average Bonchev–Trinajstić information content (AvgIpc) is 3.26. The third-order valence-corrected chi connectivity index (χ3v) is 5.14. The van der Waals surface area contributed by atoms with Crippen molar-refractivity contribution in [1.29, 1.82) is 0 Å². The molecule has 1 aromatic heterocycles. The summed E-state index contributed by atoms with van der Waals surface area (Å²) in [5, 5.41) is 38.3. The van der Waals surface area contributed by atoms with Crippen molar-refractivity contribution in [3.63, 3.8) is 0 Å². The van der Waals surface area contributed by atoms with Gasteiger partial charge >= 0.3 is 5.97 Å². The van der Waals surface area contributed by atoms with Crippen LogP contribution in [0.2, 0.25) is 0 Å². The van der Waals surface area contributed by atoms with Gasteiger partial charge in [0.1, 0.15) is 11.3 Å². The molecule has 0 saturated heterocycles. The van der Waals surface area contributed by atoms with Crippen molar-refractivity contribution in [3.8, 4) is 11.1 Å². The topological polar surface area (TPSA) is 136 Å². The Bertz CT molecular complexity index is 1060. The first-order chi connectivity index (χ1) is 15.1. The second-order valence-corrected chi connectivity index (χ2v) is 8.25. The number of carboxylic acid groups (broad SMARTS) is 1. The Labute approximate surface area is 185 Å². The molecule has 1 heterocycles. The van der Waals surface area contributed by atoms with Crippen LogP contribution in [-0.2, 0) is 16.8 Å². The van der Waals surface area contributed by atoms with Crippen LogP contribution in [0.25, 0.3) is 11.1 Å². The lowest BCUT2D eigenvalue weighted by atomic mass is 9.97. The number of carbonyl (C=O) groups excluding carboxylic acids is 1. The Kier molecular flexibility index (Phi) is 7.07. The minimum Gasteiger partial charge on any atom is -0.479 e. The number of aliphatic carboxylic acids is 1. The van der Waals surface area contributed by atoms with Crippen molar-refractivity contribution >= 4 is 11.9 Å². The Morgan fingerprint density at radius 1 is 1.06 bits per heavy atom. The summed E-state index contributed by atoms with van der Waals surface area (Å²) >= 11 is 0. The Morgan fingerprint density at radius 3 is 2.25 bits per heavy atom. The standard InChI is InChI=1S/C24H27N3O5/c1-24(2,32)21-14-19(26-27-21)22(29)25-18(13-20(28)23(30)31)12-15-8-10-17(11-9-15)16-6-4-3-5-7-16/h3-11,14,18,20,28,32H,12-13H2,1-2H3,(H,25,29)(H,26,27)(H,30,31)/t18-,20-/m1/s1. The minimum absolute atomic E-state index is 0.0661. The molecule has 32 heavy (non-hydrogen) atoms. The van der Waals surface area contributed by atoms with Gasteiger partial charge in [-0.15, -0.1) is 0 Å². The van der Waals surface area contributed by atoms with Gasteiger partial charge in [-0.1, -0.05) is 54.6 Å². The maximum absolute atomic E-state index is 12.7. The van der Waals surface area contributed by atoms with Crippen molar-refractivity contribution < 1.29 is 24.9 Å². The smallest absolute Gasteiger partial charge is 0.332 e. The normalized spacial score (nSPS) is 13.4. The summed E-state index contributed by atoms with van der Waals surface area (Å²) in [5.41, 5.74) is 2.25. The van der Waals surface area contributed by atoms with Crippen LogP contribution in [0.4, 0.5) is 0 Å². The van der Waals surface area contributed by atoms with Gasteiger partial charge in [0, 0.05) is 12.5 Å². The number of aromatic nitrogens is 2. The summed E-state index contributed by atoms with van der Waals surface area (Å²) in [6.07, 6.45) is -1.45. The first-order valence-corrected chi connectivity index (χ1v) is 10.3. The second kappa shape index (κ2) is 9.76. The number of aliphatic hydroxyl groups excluding tert-OH is 1. The molecule has 2 atom stereocenters. The molecule has 5 N–H and O–H groups in total. The number of aliphatic hydroxyl groups is 2. The zero-order valence-electron chi connectivity index (χ0n) is 17.9. The number of hydrogen-bond acceptors (Lipinski definition) is 5. The number of rotatable bonds is 9. The van der Waals surface area contributed by atoms with E-state index >= 15 is 0 Å². The molecule has 0 aliphatic carbocycles. The molecule has 8 nitrogen and oxygen atoms in total. The highest BCUT2D eigenvalue weighted by molar-refractivity contribution is 5.92. The summed E-state index contributed by atoms with van der Waals surface area (Å²) in [4.78, 5) is 23.8. The van der Waals surface area contributed by atoms with Gasteiger partial charge in [-0.3, -0.25) is 9.89 Å². The molecule has 8 heteroatoms. The van der Waals surface area contributed by atoms with Crippen molar-refractivity contribution in [2.45, 2.75) is 44.4 Å². The molecular weight excluding hydrogens is 410 g/mol. The fraction of sp³-hybridized carbons (Fsp3) is 0.292. The second-order valence-electron chi connectivity index (χ2n) is 8.25. The third-order valence-electron chi connectivity index (χ3n) is 5.14. The van der Waals surface area contributed by atoms with E-state index in [1.807, 2.05) is 54.6 Å². The van der Waals surface area contributed by atoms with Crippen LogP contribution >= 0.6 is 0 Å². The molecule has 1 amide bonds. The van der Waals surface area contributed by atoms with Crippen LogP contribution in [0, 0.1) is 0 Å². The number of nitrogens with one attached hydrogen (secondary N) is 2. The quantitative estimate of drug-likeness (QED) is 0.349. The van der Waals surface area contributed by atoms with Gasteiger partial charge < -0.3 is 20.6 Å². The fourth-order valence-electron chi connectivity index (χ4n) is 3.32. The SMILES string of the molecule is CC(C)(O)c1cc(C(=O)N[C@H](Cc2ccc(-c3ccccc3)cc2)C[C@@H](O)C(=O)O)n[nH]1. The summed E-state index contributed by atoms with van der Waals surface area (Å²) < 4.78 is 0. The molecule has 0 saturated carbocycles. The predicted molar refractivity (Wildman–Crippen MR) is 119 cm³/mol. The van der Waals surface area contributed by atoms with E-state index in [-0.39, 0.29) is 12.1 Å². The van der Waals surface area contributed by atoms with Gasteiger partial charge in [0.25, 0.3) is 5.91 Å². The van der Waals surface area contributed by atoms with Crippen LogP contribution in [0.1, 0.15) is 42.0 Å². The average molecular weight is 437 g/mol. The highest BCUT2D eigenvalue weighted by Crippen LogP contribution is 2.21. The molecule has 0 unspecified atom stereocenters. The van der Waals surface area contributed by atoms with Crippen molar-refractivity contribution in [1.82, 2.24) is 15.5 Å². The van der Waals surface area contributed by atoms with E-state index in [0.29, 0.717) is 12.1 Å². The van der Waals surface area contributed by atoms with Gasteiger partial charge in [-0.05, 0) is 43.0 Å². The number of benzene rings is 2. The molecule has 0 fully saturated rings. The van der Waals surface area contributed by atoms with E-state index in [1.54, 1.807) is 13.8 Å². The van der Waals surface area contributed by atoms with E-state index in [2.05, 4.69) is 15.5 Å². The van der Waals surface area contributed by atoms with Crippen molar-refractivity contribution in [3.05, 3.63) is 77.6 Å². The molecule has 0 bridgehead atoms. The van der Waals surface area contributed by atoms with E-state index in [0.717, 1.165) is 16.7 Å². The maximum Gasteiger partial charge on any atom is 0.332 e. The van der Waals surface area contributed by atoms with Crippen LogP contribution in [-0.4, -0.2) is 49.5 Å². The van der Waals surface area contributed by atoms with E-state index in [9.17, 15) is 19.8 Å². The summed E-state index contributed by atoms with van der Waals surface area (Å²) in [6, 6.07) is 18.4. The molecular formula is C24H27N3O5. The van der Waals surface area contributed by atoms with Gasteiger partial charge in [0.2, 0.25) is 0 Å². The number of nitrogens with zero attached hydrogens (tertiary/aromatic N) is 1. The number of amides is 1. The summed E-state index contributed by atoms with van der Waals surface area (Å²) in [6.45, 7) is 3.13. The van der Waals surface area contributed by atoms with E-state index in [4.69, 9.17) is 5.11 Å². The Balaban J connectivity index is 1.74.